The summed E-state index contributed by atoms with van der Waals surface area (Å²) in [6.07, 6.45) is 4.70. The van der Waals surface area contributed by atoms with Gasteiger partial charge in [0, 0.05) is 16.0 Å². The highest BCUT2D eigenvalue weighted by atomic mass is 79.9. The molecule has 0 spiro atoms. The van der Waals surface area contributed by atoms with Crippen molar-refractivity contribution in [3.8, 4) is 5.75 Å². The summed E-state index contributed by atoms with van der Waals surface area (Å²) in [5.74, 6) is -1.11. The molecule has 3 rings (SSSR count). The van der Waals surface area contributed by atoms with Crippen molar-refractivity contribution in [2.24, 2.45) is 5.92 Å². The molecule has 2 N–H and O–H groups in total. The lowest BCUT2D eigenvalue weighted by molar-refractivity contribution is -0.308. The molecule has 1 aromatic carbocycles. The zero-order valence-electron chi connectivity index (χ0n) is 9.39. The van der Waals surface area contributed by atoms with E-state index in [0.717, 1.165) is 10.0 Å². The van der Waals surface area contributed by atoms with Gasteiger partial charge >= 0.3 is 0 Å². The topological polar surface area (TPSA) is 72.4 Å². The van der Waals surface area contributed by atoms with Crippen molar-refractivity contribution in [2.75, 3.05) is 5.32 Å². The summed E-state index contributed by atoms with van der Waals surface area (Å²) >= 11 is 3.46. The first-order valence-electron chi connectivity index (χ1n) is 5.75. The molecule has 0 fully saturated rings. The Kier molecular flexibility index (Phi) is 2.59. The molecule has 0 saturated heterocycles. The highest BCUT2D eigenvalue weighted by Crippen LogP contribution is 2.49. The average molecular weight is 309 g/mol. The van der Waals surface area contributed by atoms with Crippen molar-refractivity contribution in [3.05, 3.63) is 34.3 Å². The summed E-state index contributed by atoms with van der Waals surface area (Å²) in [6.45, 7) is 0. The molecule has 0 radical (unpaired) electrons. The summed E-state index contributed by atoms with van der Waals surface area (Å²) in [7, 11) is 0. The van der Waals surface area contributed by atoms with Crippen LogP contribution in [0.25, 0.3) is 0 Å². The third-order valence-electron chi connectivity index (χ3n) is 3.70. The van der Waals surface area contributed by atoms with E-state index in [1.807, 2.05) is 12.2 Å². The molecule has 3 atom stereocenters. The average Bonchev–Trinajstić information content (AvgIpc) is 2.81. The maximum absolute atomic E-state index is 11.2. The van der Waals surface area contributed by atoms with Crippen molar-refractivity contribution in [1.29, 1.82) is 0 Å². The molecule has 1 heterocycles. The second-order valence-corrected chi connectivity index (χ2v) is 5.50. The first kappa shape index (κ1) is 11.6. The van der Waals surface area contributed by atoms with Crippen LogP contribution in [-0.2, 0) is 4.79 Å². The van der Waals surface area contributed by atoms with E-state index in [1.54, 1.807) is 12.1 Å². The monoisotopic (exact) mass is 308 g/mol. The number of rotatable bonds is 1. The van der Waals surface area contributed by atoms with Gasteiger partial charge in [0.15, 0.2) is 0 Å². The minimum absolute atomic E-state index is 0.00521. The first-order valence-corrected chi connectivity index (χ1v) is 6.54. The summed E-state index contributed by atoms with van der Waals surface area (Å²) < 4.78 is 0.876. The molecule has 1 aliphatic carbocycles. The van der Waals surface area contributed by atoms with Crippen LogP contribution in [0.15, 0.2) is 28.8 Å². The Morgan fingerprint density at radius 2 is 2.28 bits per heavy atom. The molecule has 0 saturated carbocycles. The maximum Gasteiger partial charge on any atom is 0.139 e. The quantitative estimate of drug-likeness (QED) is 0.607. The van der Waals surface area contributed by atoms with Crippen molar-refractivity contribution in [2.45, 2.75) is 18.4 Å². The number of phenolic OH excluding ortho intramolecular Hbond substituents is 1. The summed E-state index contributed by atoms with van der Waals surface area (Å²) in [5.41, 5.74) is 1.41. The number of benzene rings is 1. The lowest BCUT2D eigenvalue weighted by atomic mass is 9.79. The first-order chi connectivity index (χ1) is 8.59. The molecule has 0 amide bonds. The fourth-order valence-corrected chi connectivity index (χ4v) is 3.48. The summed E-state index contributed by atoms with van der Waals surface area (Å²) in [5, 5.41) is 24.0. The number of aromatic hydroxyl groups is 1. The number of carboxylic acid groups (broad SMARTS) is 1. The minimum Gasteiger partial charge on any atom is -0.548 e. The van der Waals surface area contributed by atoms with Crippen LogP contribution in [0.5, 0.6) is 5.75 Å². The standard InChI is InChI=1S/C13H12BrNO3/c14-8-4-5-9(16)12-10(8)6-2-1-3-7(6)11(15-12)13(17)18/h1-2,4-7,11,15-16H,3H2,(H,17,18)/p-1/t6-,7+,11+/m0/s1. The SMILES string of the molecule is O=C([O-])[C@@H]1Nc2c(O)ccc(Br)c2[C@H]2C=CC[C@H]21. The maximum atomic E-state index is 11.2. The number of aliphatic carboxylic acids is 1. The van der Waals surface area contributed by atoms with Crippen LogP contribution in [0.3, 0.4) is 0 Å². The predicted octanol–water partition coefficient (Wildman–Crippen LogP) is 1.36. The van der Waals surface area contributed by atoms with E-state index in [9.17, 15) is 15.0 Å². The zero-order chi connectivity index (χ0) is 12.9. The number of carbonyl (C=O) groups excluding carboxylic acids is 1. The molecular formula is C13H11BrNO3-. The van der Waals surface area contributed by atoms with Gasteiger partial charge in [0.25, 0.3) is 0 Å². The van der Waals surface area contributed by atoms with Crippen molar-refractivity contribution in [3.63, 3.8) is 0 Å². The van der Waals surface area contributed by atoms with Gasteiger partial charge in [-0.25, -0.2) is 0 Å². The Hall–Kier alpha value is -1.49. The lowest BCUT2D eigenvalue weighted by Crippen LogP contribution is -2.48. The van der Waals surface area contributed by atoms with Crippen molar-refractivity contribution < 1.29 is 15.0 Å². The second kappa shape index (κ2) is 4.02. The van der Waals surface area contributed by atoms with Crippen molar-refractivity contribution in [1.82, 2.24) is 0 Å². The molecule has 1 aromatic rings. The van der Waals surface area contributed by atoms with Gasteiger partial charge in [-0.1, -0.05) is 28.1 Å². The second-order valence-electron chi connectivity index (χ2n) is 4.65. The number of allylic oxidation sites excluding steroid dienone is 2. The van der Waals surface area contributed by atoms with E-state index in [1.165, 1.54) is 0 Å². The third-order valence-corrected chi connectivity index (χ3v) is 4.39. The van der Waals surface area contributed by atoms with Crippen LogP contribution in [0.1, 0.15) is 17.9 Å². The van der Waals surface area contributed by atoms with E-state index in [-0.39, 0.29) is 17.6 Å². The molecule has 1 aliphatic heterocycles. The van der Waals surface area contributed by atoms with Crippen molar-refractivity contribution >= 4 is 27.6 Å². The van der Waals surface area contributed by atoms with Gasteiger partial charge in [-0.2, -0.15) is 0 Å². The Morgan fingerprint density at radius 1 is 1.50 bits per heavy atom. The van der Waals surface area contributed by atoms with Crippen LogP contribution < -0.4 is 10.4 Å². The third kappa shape index (κ3) is 1.54. The number of carbonyl (C=O) groups is 1. The number of hydrogen-bond donors (Lipinski definition) is 2. The summed E-state index contributed by atoms with van der Waals surface area (Å²) in [6, 6.07) is 2.55. The van der Waals surface area contributed by atoms with Crippen LogP contribution in [-0.4, -0.2) is 17.1 Å². The molecule has 0 bridgehead atoms. The van der Waals surface area contributed by atoms with Gasteiger partial charge in [0.1, 0.15) is 5.75 Å². The largest absolute Gasteiger partial charge is 0.548 e. The van der Waals surface area contributed by atoms with E-state index in [2.05, 4.69) is 21.2 Å². The molecule has 0 unspecified atom stereocenters. The zero-order valence-corrected chi connectivity index (χ0v) is 11.0. The Labute approximate surface area is 112 Å². The molecule has 18 heavy (non-hydrogen) atoms. The number of anilines is 1. The molecular weight excluding hydrogens is 298 g/mol. The minimum atomic E-state index is -1.13. The van der Waals surface area contributed by atoms with Gasteiger partial charge < -0.3 is 20.3 Å². The Balaban J connectivity index is 2.17. The molecule has 5 heteroatoms. The van der Waals surface area contributed by atoms with E-state index >= 15 is 0 Å². The smallest absolute Gasteiger partial charge is 0.139 e. The number of hydrogen-bond acceptors (Lipinski definition) is 4. The Bertz CT molecular complexity index is 555. The van der Waals surface area contributed by atoms with Crippen LogP contribution in [0.4, 0.5) is 5.69 Å². The van der Waals surface area contributed by atoms with Crippen LogP contribution >= 0.6 is 15.9 Å². The lowest BCUT2D eigenvalue weighted by Gasteiger charge is -2.38. The summed E-state index contributed by atoms with van der Waals surface area (Å²) in [4.78, 5) is 11.2. The van der Waals surface area contributed by atoms with Gasteiger partial charge in [-0.3, -0.25) is 0 Å². The van der Waals surface area contributed by atoms with Gasteiger partial charge in [-0.15, -0.1) is 0 Å². The number of halogens is 1. The van der Waals surface area contributed by atoms with Gasteiger partial charge in [0.2, 0.25) is 0 Å². The molecule has 4 nitrogen and oxygen atoms in total. The van der Waals surface area contributed by atoms with E-state index in [4.69, 9.17) is 0 Å². The molecule has 94 valence electrons. The molecule has 0 aromatic heterocycles. The van der Waals surface area contributed by atoms with Gasteiger partial charge in [0.05, 0.1) is 17.7 Å². The highest BCUT2D eigenvalue weighted by molar-refractivity contribution is 9.10. The number of nitrogens with one attached hydrogen (secondary N) is 1. The van der Waals surface area contributed by atoms with E-state index < -0.39 is 12.0 Å². The molecule has 2 aliphatic rings. The normalized spacial score (nSPS) is 28.4. The number of carboxylic acids is 1. The Morgan fingerprint density at radius 3 is 3.00 bits per heavy atom. The van der Waals surface area contributed by atoms with Crippen LogP contribution in [0.2, 0.25) is 0 Å². The van der Waals surface area contributed by atoms with E-state index in [0.29, 0.717) is 12.1 Å². The van der Waals surface area contributed by atoms with Gasteiger partial charge in [-0.05, 0) is 24.5 Å². The predicted molar refractivity (Wildman–Crippen MR) is 68.2 cm³/mol. The van der Waals surface area contributed by atoms with Crippen LogP contribution in [0, 0.1) is 5.92 Å². The fourth-order valence-electron chi connectivity index (χ4n) is 2.88. The number of phenols is 1. The fraction of sp³-hybridized carbons (Fsp3) is 0.308. The number of fused-ring (bicyclic) bond motifs is 3. The highest BCUT2D eigenvalue weighted by Gasteiger charge is 2.39.